The van der Waals surface area contributed by atoms with Gasteiger partial charge in [0.1, 0.15) is 11.5 Å². The van der Waals surface area contributed by atoms with Gasteiger partial charge in [0, 0.05) is 56.9 Å². The van der Waals surface area contributed by atoms with E-state index in [1.807, 2.05) is 31.5 Å². The number of rotatable bonds is 4. The number of nitrogens with zero attached hydrogens (tertiary/aromatic N) is 4. The van der Waals surface area contributed by atoms with Crippen LogP contribution in [0.2, 0.25) is 0 Å². The molecule has 1 saturated carbocycles. The minimum absolute atomic E-state index is 0.0233. The lowest BCUT2D eigenvalue weighted by atomic mass is 10.3. The SMILES string of the molecule is Cc1ncc(CN2CCN(C(=O)c3cccn3C3CC3)CC(O)C2)[nH]1. The summed E-state index contributed by atoms with van der Waals surface area (Å²) in [4.78, 5) is 24.3. The Morgan fingerprint density at radius 3 is 2.92 bits per heavy atom. The van der Waals surface area contributed by atoms with Crippen LogP contribution in [-0.2, 0) is 6.54 Å². The Bertz CT molecular complexity index is 748. The van der Waals surface area contributed by atoms with Gasteiger partial charge in [-0.2, -0.15) is 0 Å². The maximum atomic E-state index is 12.9. The van der Waals surface area contributed by atoms with Gasteiger partial charge in [0.2, 0.25) is 0 Å². The molecule has 2 aromatic rings. The molecule has 2 fully saturated rings. The van der Waals surface area contributed by atoms with Crippen LogP contribution in [0.1, 0.15) is 40.9 Å². The third-order valence-corrected chi connectivity index (χ3v) is 4.96. The number of carbonyl (C=O) groups excluding carboxylic acids is 1. The number of hydrogen-bond acceptors (Lipinski definition) is 4. The van der Waals surface area contributed by atoms with E-state index in [1.165, 1.54) is 0 Å². The second-order valence-electron chi connectivity index (χ2n) is 7.17. The number of nitrogens with one attached hydrogen (secondary N) is 1. The first-order chi connectivity index (χ1) is 12.1. The van der Waals surface area contributed by atoms with Crippen LogP contribution >= 0.6 is 0 Å². The Morgan fingerprint density at radius 1 is 1.36 bits per heavy atom. The van der Waals surface area contributed by atoms with Crippen molar-refractivity contribution in [2.45, 2.75) is 38.5 Å². The standard InChI is InChI=1S/C18H25N5O2/c1-13-19-9-14(20-13)10-21-7-8-22(12-16(24)11-21)18(25)17-3-2-6-23(17)15-4-5-15/h2-3,6,9,15-16,24H,4-5,7-8,10-12H2,1H3,(H,19,20). The van der Waals surface area contributed by atoms with Crippen molar-refractivity contribution in [2.24, 2.45) is 0 Å². The lowest BCUT2D eigenvalue weighted by Gasteiger charge is -2.22. The second-order valence-corrected chi connectivity index (χ2v) is 7.17. The quantitative estimate of drug-likeness (QED) is 0.874. The molecule has 1 amide bonds. The van der Waals surface area contributed by atoms with E-state index in [0.717, 1.165) is 36.6 Å². The largest absolute Gasteiger partial charge is 0.390 e. The van der Waals surface area contributed by atoms with E-state index in [-0.39, 0.29) is 5.91 Å². The first kappa shape index (κ1) is 16.4. The Balaban J connectivity index is 1.43. The van der Waals surface area contributed by atoms with Crippen molar-refractivity contribution >= 4 is 5.91 Å². The highest BCUT2D eigenvalue weighted by atomic mass is 16.3. The Morgan fingerprint density at radius 2 is 2.20 bits per heavy atom. The molecule has 134 valence electrons. The van der Waals surface area contributed by atoms with Crippen LogP contribution in [0.5, 0.6) is 0 Å². The van der Waals surface area contributed by atoms with E-state index < -0.39 is 6.10 Å². The van der Waals surface area contributed by atoms with Crippen molar-refractivity contribution in [2.75, 3.05) is 26.2 Å². The topological polar surface area (TPSA) is 77.4 Å². The van der Waals surface area contributed by atoms with Crippen LogP contribution in [-0.4, -0.2) is 67.6 Å². The summed E-state index contributed by atoms with van der Waals surface area (Å²) in [5, 5.41) is 10.4. The number of aliphatic hydroxyl groups excluding tert-OH is 1. The van der Waals surface area contributed by atoms with Gasteiger partial charge in [-0.15, -0.1) is 0 Å². The van der Waals surface area contributed by atoms with Gasteiger partial charge in [0.15, 0.2) is 0 Å². The number of aliphatic hydroxyl groups is 1. The number of aryl methyl sites for hydroxylation is 1. The lowest BCUT2D eigenvalue weighted by Crippen LogP contribution is -2.38. The average Bonchev–Trinajstić information content (AvgIpc) is 3.22. The smallest absolute Gasteiger partial charge is 0.270 e. The fraction of sp³-hybridized carbons (Fsp3) is 0.556. The molecule has 0 aromatic carbocycles. The van der Waals surface area contributed by atoms with Crippen LogP contribution in [0, 0.1) is 6.92 Å². The fourth-order valence-corrected chi connectivity index (χ4v) is 3.58. The molecule has 0 radical (unpaired) electrons. The van der Waals surface area contributed by atoms with Crippen LogP contribution < -0.4 is 0 Å². The van der Waals surface area contributed by atoms with E-state index in [2.05, 4.69) is 19.4 Å². The van der Waals surface area contributed by atoms with E-state index in [0.29, 0.717) is 32.2 Å². The van der Waals surface area contributed by atoms with Crippen molar-refractivity contribution < 1.29 is 9.90 Å². The summed E-state index contributed by atoms with van der Waals surface area (Å²) < 4.78 is 2.09. The predicted molar refractivity (Wildman–Crippen MR) is 93.2 cm³/mol. The molecule has 1 aliphatic heterocycles. The number of amides is 1. The van der Waals surface area contributed by atoms with Crippen LogP contribution in [0.4, 0.5) is 0 Å². The van der Waals surface area contributed by atoms with Gasteiger partial charge in [0.25, 0.3) is 5.91 Å². The number of aromatic amines is 1. The summed E-state index contributed by atoms with van der Waals surface area (Å²) in [5.41, 5.74) is 1.78. The van der Waals surface area contributed by atoms with Crippen LogP contribution in [0.25, 0.3) is 0 Å². The average molecular weight is 343 g/mol. The van der Waals surface area contributed by atoms with Gasteiger partial charge < -0.3 is 19.6 Å². The molecule has 1 saturated heterocycles. The molecule has 2 N–H and O–H groups in total. The van der Waals surface area contributed by atoms with Crippen molar-refractivity contribution in [3.63, 3.8) is 0 Å². The van der Waals surface area contributed by atoms with Crippen molar-refractivity contribution in [1.82, 2.24) is 24.3 Å². The summed E-state index contributed by atoms with van der Waals surface area (Å²) in [7, 11) is 0. The van der Waals surface area contributed by atoms with Crippen molar-refractivity contribution in [1.29, 1.82) is 0 Å². The number of imidazole rings is 1. The van der Waals surface area contributed by atoms with Gasteiger partial charge in [-0.05, 0) is 31.9 Å². The first-order valence-electron chi connectivity index (χ1n) is 8.97. The summed E-state index contributed by atoms with van der Waals surface area (Å²) in [6.07, 6.45) is 5.58. The predicted octanol–water partition coefficient (Wildman–Crippen LogP) is 1.17. The Labute approximate surface area is 147 Å². The molecule has 1 unspecified atom stereocenters. The zero-order valence-electron chi connectivity index (χ0n) is 14.6. The van der Waals surface area contributed by atoms with E-state index in [1.54, 1.807) is 4.90 Å². The molecular weight excluding hydrogens is 318 g/mol. The van der Waals surface area contributed by atoms with Gasteiger partial charge in [-0.3, -0.25) is 9.69 Å². The molecule has 1 atom stereocenters. The minimum atomic E-state index is -0.542. The molecule has 4 rings (SSSR count). The van der Waals surface area contributed by atoms with Crippen LogP contribution in [0.3, 0.4) is 0 Å². The number of hydrogen-bond donors (Lipinski definition) is 2. The number of aromatic nitrogens is 3. The summed E-state index contributed by atoms with van der Waals surface area (Å²) in [5.74, 6) is 0.915. The summed E-state index contributed by atoms with van der Waals surface area (Å²) >= 11 is 0. The van der Waals surface area contributed by atoms with E-state index >= 15 is 0 Å². The van der Waals surface area contributed by atoms with Gasteiger partial charge >= 0.3 is 0 Å². The highest BCUT2D eigenvalue weighted by Gasteiger charge is 2.30. The molecule has 2 aliphatic rings. The molecule has 25 heavy (non-hydrogen) atoms. The lowest BCUT2D eigenvalue weighted by molar-refractivity contribution is 0.0652. The monoisotopic (exact) mass is 343 g/mol. The maximum Gasteiger partial charge on any atom is 0.270 e. The molecule has 0 bridgehead atoms. The third-order valence-electron chi connectivity index (χ3n) is 4.96. The highest BCUT2D eigenvalue weighted by Crippen LogP contribution is 2.36. The molecule has 7 heteroatoms. The summed E-state index contributed by atoms with van der Waals surface area (Å²) in [6.45, 7) is 4.94. The Hall–Kier alpha value is -2.12. The second kappa shape index (κ2) is 6.65. The maximum absolute atomic E-state index is 12.9. The van der Waals surface area contributed by atoms with E-state index in [4.69, 9.17) is 0 Å². The normalized spacial score (nSPS) is 22.2. The Kier molecular flexibility index (Phi) is 4.35. The van der Waals surface area contributed by atoms with Gasteiger partial charge in [-0.1, -0.05) is 0 Å². The molecule has 3 heterocycles. The molecule has 7 nitrogen and oxygen atoms in total. The zero-order chi connectivity index (χ0) is 17.4. The third kappa shape index (κ3) is 3.62. The first-order valence-corrected chi connectivity index (χ1v) is 8.97. The number of β-amino-alcohol motifs (C(OH)–C–C–N with tert-alkyl or cyclic N) is 1. The number of H-pyrrole nitrogens is 1. The summed E-state index contributed by atoms with van der Waals surface area (Å²) in [6, 6.07) is 4.31. The number of carbonyl (C=O) groups is 1. The van der Waals surface area contributed by atoms with Gasteiger partial charge in [0.05, 0.1) is 6.10 Å². The van der Waals surface area contributed by atoms with Crippen LogP contribution in [0.15, 0.2) is 24.5 Å². The molecule has 2 aromatic heterocycles. The van der Waals surface area contributed by atoms with Gasteiger partial charge in [-0.25, -0.2) is 4.98 Å². The fourth-order valence-electron chi connectivity index (χ4n) is 3.58. The highest BCUT2D eigenvalue weighted by molar-refractivity contribution is 5.93. The van der Waals surface area contributed by atoms with E-state index in [9.17, 15) is 9.90 Å². The minimum Gasteiger partial charge on any atom is -0.390 e. The molecule has 1 aliphatic carbocycles. The van der Waals surface area contributed by atoms with Crippen molar-refractivity contribution in [3.05, 3.63) is 41.7 Å². The molecular formula is C18H25N5O2. The molecule has 0 spiro atoms. The zero-order valence-corrected chi connectivity index (χ0v) is 14.6. The van der Waals surface area contributed by atoms with Crippen molar-refractivity contribution in [3.8, 4) is 0 Å².